The molecule has 0 aromatic carbocycles. The summed E-state index contributed by atoms with van der Waals surface area (Å²) in [4.78, 5) is 9.11. The van der Waals surface area contributed by atoms with Crippen LogP contribution in [0.1, 0.15) is 71.0 Å². The number of hydrogen-bond acceptors (Lipinski definition) is 5. The van der Waals surface area contributed by atoms with Crippen LogP contribution in [0.25, 0.3) is 0 Å². The van der Waals surface area contributed by atoms with Crippen LogP contribution in [0.3, 0.4) is 0 Å². The van der Waals surface area contributed by atoms with Crippen LogP contribution in [0.15, 0.2) is 0 Å². The molecule has 1 heterocycles. The molecule has 124 valence electrons. The number of ether oxygens (including phenoxy) is 1. The molecule has 3 N–H and O–H groups in total. The molecule has 0 saturated heterocycles. The number of aryl methyl sites for hydroxylation is 1. The van der Waals surface area contributed by atoms with Crippen molar-refractivity contribution in [2.24, 2.45) is 0 Å². The number of anilines is 2. The number of hydrogen-bond donors (Lipinski definition) is 2. The largest absolute Gasteiger partial charge is 0.476 e. The maximum Gasteiger partial charge on any atom is 0.242 e. The highest BCUT2D eigenvalue weighted by atomic mass is 16.5. The number of nitrogens with two attached hydrogens (primary N) is 1. The fourth-order valence-electron chi connectivity index (χ4n) is 2.80. The van der Waals surface area contributed by atoms with Crippen molar-refractivity contribution in [2.75, 3.05) is 17.7 Å². The number of unbranched alkanes of at least 4 members (excludes halogenated alkanes) is 1. The highest BCUT2D eigenvalue weighted by molar-refractivity contribution is 5.67. The molecule has 0 radical (unpaired) electrons. The Morgan fingerprint density at radius 1 is 1.14 bits per heavy atom. The lowest BCUT2D eigenvalue weighted by atomic mass is 9.95. The Bertz CT molecular complexity index is 458. The molecule has 5 heteroatoms. The van der Waals surface area contributed by atoms with Gasteiger partial charge < -0.3 is 15.8 Å². The third-order valence-corrected chi connectivity index (χ3v) is 4.11. The van der Waals surface area contributed by atoms with E-state index in [2.05, 4.69) is 29.1 Å². The molecular formula is C17H30N4O. The van der Waals surface area contributed by atoms with Gasteiger partial charge in [-0.2, -0.15) is 4.98 Å². The van der Waals surface area contributed by atoms with Crippen LogP contribution in [-0.2, 0) is 6.42 Å². The minimum absolute atomic E-state index is 0.476. The van der Waals surface area contributed by atoms with Gasteiger partial charge in [-0.3, -0.25) is 0 Å². The standard InChI is InChI=1S/C17H30N4O/c1-3-5-12-22-17-15(18)16(20-14(21-17)9-4-2)19-13-10-7-6-8-11-13/h13H,3-12,18H2,1-2H3,(H,19,20,21). The van der Waals surface area contributed by atoms with Crippen LogP contribution >= 0.6 is 0 Å². The summed E-state index contributed by atoms with van der Waals surface area (Å²) in [6.07, 6.45) is 10.3. The SMILES string of the molecule is CCCCOc1nc(CCC)nc(NC2CCCCC2)c1N. The van der Waals surface area contributed by atoms with E-state index in [1.165, 1.54) is 32.1 Å². The van der Waals surface area contributed by atoms with Gasteiger partial charge in [-0.25, -0.2) is 4.98 Å². The smallest absolute Gasteiger partial charge is 0.242 e. The second kappa shape index (κ2) is 8.81. The summed E-state index contributed by atoms with van der Waals surface area (Å²) in [7, 11) is 0. The first-order chi connectivity index (χ1) is 10.7. The normalized spacial score (nSPS) is 15.7. The van der Waals surface area contributed by atoms with Crippen molar-refractivity contribution in [1.29, 1.82) is 0 Å². The summed E-state index contributed by atoms with van der Waals surface area (Å²) in [5.41, 5.74) is 6.79. The predicted octanol–water partition coefficient (Wildman–Crippen LogP) is 3.93. The van der Waals surface area contributed by atoms with Gasteiger partial charge in [-0.15, -0.1) is 0 Å². The summed E-state index contributed by atoms with van der Waals surface area (Å²) in [6, 6.07) is 0.476. The Balaban J connectivity index is 2.14. The molecule has 22 heavy (non-hydrogen) atoms. The molecule has 1 aromatic rings. The zero-order valence-electron chi connectivity index (χ0n) is 14.0. The molecule has 5 nitrogen and oxygen atoms in total. The van der Waals surface area contributed by atoms with Crippen LogP contribution in [0.2, 0.25) is 0 Å². The lowest BCUT2D eigenvalue weighted by molar-refractivity contribution is 0.298. The fraction of sp³-hybridized carbons (Fsp3) is 0.765. The van der Waals surface area contributed by atoms with E-state index in [1.807, 2.05) is 0 Å². The Kier molecular flexibility index (Phi) is 6.74. The quantitative estimate of drug-likeness (QED) is 0.712. The van der Waals surface area contributed by atoms with Crippen LogP contribution in [-0.4, -0.2) is 22.6 Å². The van der Waals surface area contributed by atoms with Crippen molar-refractivity contribution in [3.63, 3.8) is 0 Å². The molecule has 1 aliphatic carbocycles. The predicted molar refractivity (Wildman–Crippen MR) is 91.3 cm³/mol. The minimum atomic E-state index is 0.476. The van der Waals surface area contributed by atoms with Gasteiger partial charge in [0, 0.05) is 12.5 Å². The average molecular weight is 306 g/mol. The summed E-state index contributed by atoms with van der Waals surface area (Å²) in [5.74, 6) is 2.13. The maximum absolute atomic E-state index is 6.24. The van der Waals surface area contributed by atoms with E-state index in [1.54, 1.807) is 0 Å². The number of nitrogens with one attached hydrogen (secondary N) is 1. The van der Waals surface area contributed by atoms with E-state index in [-0.39, 0.29) is 0 Å². The van der Waals surface area contributed by atoms with Gasteiger partial charge in [0.25, 0.3) is 0 Å². The third kappa shape index (κ3) is 4.75. The molecule has 0 aliphatic heterocycles. The van der Waals surface area contributed by atoms with Gasteiger partial charge >= 0.3 is 0 Å². The van der Waals surface area contributed by atoms with Crippen molar-refractivity contribution in [1.82, 2.24) is 9.97 Å². The highest BCUT2D eigenvalue weighted by Crippen LogP contribution is 2.29. The Morgan fingerprint density at radius 2 is 1.91 bits per heavy atom. The molecule has 2 rings (SSSR count). The van der Waals surface area contributed by atoms with E-state index < -0.39 is 0 Å². The number of aromatic nitrogens is 2. The second-order valence-electron chi connectivity index (χ2n) is 6.14. The van der Waals surface area contributed by atoms with E-state index >= 15 is 0 Å². The topological polar surface area (TPSA) is 73.1 Å². The molecule has 0 atom stereocenters. The van der Waals surface area contributed by atoms with Gasteiger partial charge in [0.05, 0.1) is 6.61 Å². The zero-order valence-corrected chi connectivity index (χ0v) is 14.0. The lowest BCUT2D eigenvalue weighted by Gasteiger charge is -2.24. The van der Waals surface area contributed by atoms with Crippen LogP contribution in [0, 0.1) is 0 Å². The van der Waals surface area contributed by atoms with Crippen molar-refractivity contribution >= 4 is 11.5 Å². The maximum atomic E-state index is 6.24. The average Bonchev–Trinajstić information content (AvgIpc) is 2.53. The van der Waals surface area contributed by atoms with Crippen LogP contribution in [0.5, 0.6) is 5.88 Å². The van der Waals surface area contributed by atoms with Crippen molar-refractivity contribution in [3.05, 3.63) is 5.82 Å². The fourth-order valence-corrected chi connectivity index (χ4v) is 2.80. The highest BCUT2D eigenvalue weighted by Gasteiger charge is 2.18. The van der Waals surface area contributed by atoms with Gasteiger partial charge in [0.2, 0.25) is 5.88 Å². The second-order valence-corrected chi connectivity index (χ2v) is 6.14. The third-order valence-electron chi connectivity index (χ3n) is 4.11. The molecule has 0 amide bonds. The van der Waals surface area contributed by atoms with Gasteiger partial charge in [0.15, 0.2) is 5.82 Å². The first-order valence-electron chi connectivity index (χ1n) is 8.80. The molecule has 0 bridgehead atoms. The van der Waals surface area contributed by atoms with Gasteiger partial charge in [-0.05, 0) is 25.7 Å². The minimum Gasteiger partial charge on any atom is -0.476 e. The number of rotatable bonds is 8. The molecular weight excluding hydrogens is 276 g/mol. The van der Waals surface area contributed by atoms with E-state index in [9.17, 15) is 0 Å². The monoisotopic (exact) mass is 306 g/mol. The Hall–Kier alpha value is -1.52. The summed E-state index contributed by atoms with van der Waals surface area (Å²) >= 11 is 0. The first kappa shape index (κ1) is 16.8. The molecule has 1 aliphatic rings. The summed E-state index contributed by atoms with van der Waals surface area (Å²) in [6.45, 7) is 4.93. The van der Waals surface area contributed by atoms with Gasteiger partial charge in [0.1, 0.15) is 11.5 Å². The molecule has 1 aromatic heterocycles. The van der Waals surface area contributed by atoms with Crippen molar-refractivity contribution in [2.45, 2.75) is 77.7 Å². The van der Waals surface area contributed by atoms with Crippen LogP contribution < -0.4 is 15.8 Å². The molecule has 1 fully saturated rings. The van der Waals surface area contributed by atoms with Crippen molar-refractivity contribution in [3.8, 4) is 5.88 Å². The first-order valence-corrected chi connectivity index (χ1v) is 8.80. The molecule has 1 saturated carbocycles. The van der Waals surface area contributed by atoms with Crippen molar-refractivity contribution < 1.29 is 4.74 Å². The summed E-state index contributed by atoms with van der Waals surface area (Å²) in [5, 5.41) is 3.52. The lowest BCUT2D eigenvalue weighted by Crippen LogP contribution is -2.24. The van der Waals surface area contributed by atoms with E-state index in [4.69, 9.17) is 10.5 Å². The zero-order chi connectivity index (χ0) is 15.8. The number of nitrogen functional groups attached to an aromatic ring is 1. The van der Waals surface area contributed by atoms with Crippen LogP contribution in [0.4, 0.5) is 11.5 Å². The van der Waals surface area contributed by atoms with Gasteiger partial charge in [-0.1, -0.05) is 39.5 Å². The Morgan fingerprint density at radius 3 is 2.59 bits per heavy atom. The van der Waals surface area contributed by atoms with E-state index in [0.717, 1.165) is 37.3 Å². The molecule has 0 unspecified atom stereocenters. The Labute approximate surface area is 134 Å². The number of nitrogens with zero attached hydrogens (tertiary/aromatic N) is 2. The van der Waals surface area contributed by atoms with E-state index in [0.29, 0.717) is 24.2 Å². The molecule has 0 spiro atoms. The summed E-state index contributed by atoms with van der Waals surface area (Å²) < 4.78 is 5.78.